The minimum absolute atomic E-state index is 0.555. The van der Waals surface area contributed by atoms with Crippen LogP contribution in [0, 0.1) is 10.8 Å². The first kappa shape index (κ1) is 11.1. The molecule has 3 aliphatic rings. The molecule has 0 amide bonds. The van der Waals surface area contributed by atoms with E-state index in [1.165, 1.54) is 0 Å². The van der Waals surface area contributed by atoms with E-state index in [0.29, 0.717) is 0 Å². The monoisotopic (exact) mass is 262 g/mol. The number of hydrogen-bond acceptors (Lipinski definition) is 0. The second-order valence-electron chi connectivity index (χ2n) is 4.84. The zero-order valence-corrected chi connectivity index (χ0v) is 10.9. The van der Waals surface area contributed by atoms with E-state index in [1.807, 2.05) is 24.3 Å². The summed E-state index contributed by atoms with van der Waals surface area (Å²) >= 11 is 13.2. The van der Waals surface area contributed by atoms with Crippen LogP contribution >= 0.6 is 23.2 Å². The van der Waals surface area contributed by atoms with Crippen LogP contribution in [0.5, 0.6) is 0 Å². The van der Waals surface area contributed by atoms with Crippen molar-refractivity contribution in [2.45, 2.75) is 4.33 Å². The van der Waals surface area contributed by atoms with Crippen molar-refractivity contribution in [1.29, 1.82) is 0 Å². The second-order valence-corrected chi connectivity index (χ2v) is 6.17. The molecule has 0 nitrogen and oxygen atoms in total. The van der Waals surface area contributed by atoms with Gasteiger partial charge in [-0.1, -0.05) is 73.8 Å². The summed E-state index contributed by atoms with van der Waals surface area (Å²) in [6, 6.07) is 0. The summed E-state index contributed by atoms with van der Waals surface area (Å²) in [6.45, 7) is 16.4. The van der Waals surface area contributed by atoms with Crippen molar-refractivity contribution in [3.05, 3.63) is 72.9 Å². The molecule has 0 aromatic rings. The van der Waals surface area contributed by atoms with E-state index in [2.05, 4.69) is 26.3 Å². The van der Waals surface area contributed by atoms with Gasteiger partial charge >= 0.3 is 0 Å². The molecule has 3 aliphatic carbocycles. The number of allylic oxidation sites excluding steroid dienone is 8. The average molecular weight is 263 g/mol. The fraction of sp³-hybridized carbons (Fsp3) is 0.200. The molecule has 0 heterocycles. The second kappa shape index (κ2) is 2.71. The molecule has 0 aromatic carbocycles. The lowest BCUT2D eigenvalue weighted by Crippen LogP contribution is -2.25. The van der Waals surface area contributed by atoms with Gasteiger partial charge in [0.1, 0.15) is 4.33 Å². The Morgan fingerprint density at radius 2 is 0.882 bits per heavy atom. The molecule has 17 heavy (non-hydrogen) atoms. The highest BCUT2D eigenvalue weighted by Gasteiger charge is 2.90. The lowest BCUT2D eigenvalue weighted by Gasteiger charge is -2.33. The van der Waals surface area contributed by atoms with Crippen molar-refractivity contribution < 1.29 is 0 Å². The molecule has 0 radical (unpaired) electrons. The molecule has 1 saturated carbocycles. The fourth-order valence-electron chi connectivity index (χ4n) is 3.57. The summed E-state index contributed by atoms with van der Waals surface area (Å²) in [5, 5.41) is 0. The van der Waals surface area contributed by atoms with E-state index in [-0.39, 0.29) is 0 Å². The summed E-state index contributed by atoms with van der Waals surface area (Å²) in [7, 11) is 0. The lowest BCUT2D eigenvalue weighted by molar-refractivity contribution is 0.573. The highest BCUT2D eigenvalue weighted by Crippen LogP contribution is 2.90. The van der Waals surface area contributed by atoms with Crippen LogP contribution in [0.4, 0.5) is 0 Å². The molecule has 0 spiro atoms. The third-order valence-corrected chi connectivity index (χ3v) is 5.47. The molecule has 86 valence electrons. The van der Waals surface area contributed by atoms with Gasteiger partial charge in [0.25, 0.3) is 0 Å². The van der Waals surface area contributed by atoms with Gasteiger partial charge in [0.15, 0.2) is 0 Å². The van der Waals surface area contributed by atoms with Crippen LogP contribution in [-0.2, 0) is 0 Å². The predicted octanol–water partition coefficient (Wildman–Crippen LogP) is 4.51. The third kappa shape index (κ3) is 0.756. The summed E-state index contributed by atoms with van der Waals surface area (Å²) in [5.41, 5.74) is 2.41. The molecular weight excluding hydrogens is 251 g/mol. The maximum atomic E-state index is 6.59. The first-order valence-electron chi connectivity index (χ1n) is 5.36. The van der Waals surface area contributed by atoms with E-state index in [1.54, 1.807) is 0 Å². The van der Waals surface area contributed by atoms with Crippen molar-refractivity contribution in [1.82, 2.24) is 0 Å². The van der Waals surface area contributed by atoms with Crippen molar-refractivity contribution in [3.63, 3.8) is 0 Å². The number of alkyl halides is 2. The highest BCUT2D eigenvalue weighted by molar-refractivity contribution is 6.54. The molecule has 0 atom stereocenters. The van der Waals surface area contributed by atoms with Gasteiger partial charge in [-0.3, -0.25) is 0 Å². The Labute approximate surface area is 111 Å². The van der Waals surface area contributed by atoms with Crippen LogP contribution in [-0.4, -0.2) is 4.33 Å². The summed E-state index contributed by atoms with van der Waals surface area (Å²) < 4.78 is -0.991. The summed E-state index contributed by atoms with van der Waals surface area (Å²) in [4.78, 5) is 0. The zero-order chi connectivity index (χ0) is 12.6. The Morgan fingerprint density at radius 3 is 1.12 bits per heavy atom. The van der Waals surface area contributed by atoms with Crippen molar-refractivity contribution in [3.8, 4) is 0 Å². The Kier molecular flexibility index (Phi) is 1.77. The van der Waals surface area contributed by atoms with E-state index in [9.17, 15) is 0 Å². The Morgan fingerprint density at radius 1 is 0.647 bits per heavy atom. The van der Waals surface area contributed by atoms with E-state index in [0.717, 1.165) is 22.3 Å². The van der Waals surface area contributed by atoms with Gasteiger partial charge in [-0.15, -0.1) is 0 Å². The predicted molar refractivity (Wildman–Crippen MR) is 74.1 cm³/mol. The molecule has 1 fully saturated rings. The highest BCUT2D eigenvalue weighted by atomic mass is 35.5. The van der Waals surface area contributed by atoms with Crippen LogP contribution < -0.4 is 0 Å². The largest absolute Gasteiger partial charge is 0.148 e. The minimum Gasteiger partial charge on any atom is -0.0988 e. The molecule has 0 aromatic heterocycles. The van der Waals surface area contributed by atoms with Gasteiger partial charge < -0.3 is 0 Å². The smallest absolute Gasteiger partial charge is 0.0988 e. The van der Waals surface area contributed by atoms with Crippen LogP contribution in [0.15, 0.2) is 72.9 Å². The molecule has 0 bridgehead atoms. The fourth-order valence-corrected chi connectivity index (χ4v) is 5.01. The average Bonchev–Trinajstić information content (AvgIpc) is 2.76. The van der Waals surface area contributed by atoms with Crippen molar-refractivity contribution >= 4 is 23.2 Å². The summed E-state index contributed by atoms with van der Waals surface area (Å²) in [6.07, 6.45) is 7.69. The van der Waals surface area contributed by atoms with Gasteiger partial charge in [-0.2, -0.15) is 0 Å². The molecule has 0 aliphatic heterocycles. The molecule has 3 rings (SSSR count). The Hall–Kier alpha value is -0.980. The van der Waals surface area contributed by atoms with Gasteiger partial charge in [-0.25, -0.2) is 0 Å². The van der Waals surface area contributed by atoms with Crippen LogP contribution in [0.2, 0.25) is 0 Å². The van der Waals surface area contributed by atoms with Gasteiger partial charge in [-0.05, 0) is 22.3 Å². The van der Waals surface area contributed by atoms with Gasteiger partial charge in [0, 0.05) is 0 Å². The zero-order valence-electron chi connectivity index (χ0n) is 9.39. The summed E-state index contributed by atoms with van der Waals surface area (Å²) in [5.74, 6) is 0. The molecule has 2 heteroatoms. The SMILES string of the molecule is C=C1C=CC(=C)C23C(=C)C=CC(=C)C12C3(Cl)Cl. The quantitative estimate of drug-likeness (QED) is 0.564. The maximum absolute atomic E-state index is 6.59. The topological polar surface area (TPSA) is 0 Å². The molecule has 0 saturated heterocycles. The Bertz CT molecular complexity index is 484. The molecular formula is C15H12Cl2. The Balaban J connectivity index is 2.43. The first-order chi connectivity index (χ1) is 7.85. The van der Waals surface area contributed by atoms with Crippen LogP contribution in [0.25, 0.3) is 0 Å². The van der Waals surface area contributed by atoms with Crippen molar-refractivity contribution in [2.75, 3.05) is 0 Å². The van der Waals surface area contributed by atoms with E-state index >= 15 is 0 Å². The van der Waals surface area contributed by atoms with Gasteiger partial charge in [0.05, 0.1) is 10.8 Å². The normalized spacial score (nSPS) is 41.3. The van der Waals surface area contributed by atoms with Crippen molar-refractivity contribution in [2.24, 2.45) is 10.8 Å². The van der Waals surface area contributed by atoms with Gasteiger partial charge in [0.2, 0.25) is 0 Å². The first-order valence-corrected chi connectivity index (χ1v) is 6.12. The number of rotatable bonds is 0. The molecule has 0 unspecified atom stereocenters. The lowest BCUT2D eigenvalue weighted by atomic mass is 9.68. The van der Waals surface area contributed by atoms with Crippen LogP contribution in [0.1, 0.15) is 0 Å². The van der Waals surface area contributed by atoms with Crippen LogP contribution in [0.3, 0.4) is 0 Å². The van der Waals surface area contributed by atoms with E-state index < -0.39 is 15.2 Å². The maximum Gasteiger partial charge on any atom is 0.148 e. The van der Waals surface area contributed by atoms with E-state index in [4.69, 9.17) is 23.2 Å². The third-order valence-electron chi connectivity index (χ3n) is 4.34. The molecule has 0 N–H and O–H groups in total. The minimum atomic E-state index is -0.991. The standard InChI is InChI=1S/C15H12Cl2/c1-9-5-6-11(3)14-12(4)8-7-10(2)13(9,14)15(14,16)17/h5-8H,1-4H2. The number of hydrogen-bond donors (Lipinski definition) is 0. The number of halogens is 2.